The Kier molecular flexibility index (Phi) is 3.28. The molecule has 16 heavy (non-hydrogen) atoms. The van der Waals surface area contributed by atoms with E-state index in [1.54, 1.807) is 0 Å². The first-order chi connectivity index (χ1) is 7.66. The summed E-state index contributed by atoms with van der Waals surface area (Å²) in [6.07, 6.45) is 10.7. The molecular formula is C14H19NO. The van der Waals surface area contributed by atoms with Crippen LogP contribution in [0, 0.1) is 11.8 Å². The summed E-state index contributed by atoms with van der Waals surface area (Å²) in [5.41, 5.74) is 2.53. The van der Waals surface area contributed by atoms with Crippen molar-refractivity contribution in [3.05, 3.63) is 35.5 Å². The number of fused-ring (bicyclic) bond motifs is 1. The molecule has 2 heteroatoms. The number of nitrogens with one attached hydrogen (secondary N) is 1. The lowest BCUT2D eigenvalue weighted by Gasteiger charge is -2.04. The van der Waals surface area contributed by atoms with E-state index >= 15 is 0 Å². The fourth-order valence-electron chi connectivity index (χ4n) is 2.06. The van der Waals surface area contributed by atoms with E-state index in [-0.39, 0.29) is 11.8 Å². The van der Waals surface area contributed by atoms with Crippen molar-refractivity contribution in [2.75, 3.05) is 6.54 Å². The highest BCUT2D eigenvalue weighted by atomic mass is 16.2. The lowest BCUT2D eigenvalue weighted by Crippen LogP contribution is -2.17. The van der Waals surface area contributed by atoms with Gasteiger partial charge in [0, 0.05) is 6.54 Å². The Hall–Kier alpha value is -1.31. The molecule has 1 aliphatic heterocycles. The molecule has 1 aliphatic carbocycles. The van der Waals surface area contributed by atoms with Gasteiger partial charge in [0.15, 0.2) is 0 Å². The van der Waals surface area contributed by atoms with E-state index in [1.807, 2.05) is 6.08 Å². The predicted octanol–water partition coefficient (Wildman–Crippen LogP) is 2.59. The summed E-state index contributed by atoms with van der Waals surface area (Å²) in [6, 6.07) is 0. The summed E-state index contributed by atoms with van der Waals surface area (Å²) in [4.78, 5) is 11.5. The van der Waals surface area contributed by atoms with Gasteiger partial charge in [0.05, 0.1) is 5.92 Å². The number of carbonyl (C=O) groups is 1. The van der Waals surface area contributed by atoms with Gasteiger partial charge in [-0.3, -0.25) is 4.79 Å². The highest BCUT2D eigenvalue weighted by molar-refractivity contribution is 5.87. The fraction of sp³-hybridized carbons (Fsp3) is 0.500. The minimum atomic E-state index is -0.0206. The van der Waals surface area contributed by atoms with Gasteiger partial charge in [-0.05, 0) is 29.9 Å². The Bertz CT molecular complexity index is 374. The van der Waals surface area contributed by atoms with Crippen LogP contribution < -0.4 is 5.32 Å². The Balaban J connectivity index is 2.06. The minimum Gasteiger partial charge on any atom is -0.352 e. The molecule has 1 saturated heterocycles. The summed E-state index contributed by atoms with van der Waals surface area (Å²) in [5, 5.41) is 2.87. The molecule has 2 rings (SSSR count). The number of hydrogen-bond acceptors (Lipinski definition) is 1. The van der Waals surface area contributed by atoms with Crippen LogP contribution in [0.4, 0.5) is 0 Å². The Morgan fingerprint density at radius 3 is 3.00 bits per heavy atom. The van der Waals surface area contributed by atoms with Crippen LogP contribution in [0.15, 0.2) is 35.5 Å². The van der Waals surface area contributed by atoms with Gasteiger partial charge in [0.2, 0.25) is 5.91 Å². The molecule has 1 heterocycles. The predicted molar refractivity (Wildman–Crippen MR) is 65.9 cm³/mol. The van der Waals surface area contributed by atoms with Crippen molar-refractivity contribution >= 4 is 5.91 Å². The van der Waals surface area contributed by atoms with Crippen LogP contribution in [-0.2, 0) is 4.79 Å². The van der Waals surface area contributed by atoms with E-state index in [1.165, 1.54) is 17.6 Å². The van der Waals surface area contributed by atoms with E-state index in [4.69, 9.17) is 0 Å². The van der Waals surface area contributed by atoms with Crippen LogP contribution in [-0.4, -0.2) is 12.5 Å². The van der Waals surface area contributed by atoms with E-state index in [0.717, 1.165) is 12.3 Å². The molecule has 0 saturated carbocycles. The van der Waals surface area contributed by atoms with Crippen molar-refractivity contribution in [3.63, 3.8) is 0 Å². The second-order valence-corrected chi connectivity index (χ2v) is 4.97. The zero-order valence-electron chi connectivity index (χ0n) is 9.99. The van der Waals surface area contributed by atoms with Crippen molar-refractivity contribution in [1.82, 2.24) is 5.32 Å². The first-order valence-corrected chi connectivity index (χ1v) is 6.02. The normalized spacial score (nSPS) is 23.7. The van der Waals surface area contributed by atoms with Crippen molar-refractivity contribution in [2.24, 2.45) is 11.8 Å². The summed E-state index contributed by atoms with van der Waals surface area (Å²) in [6.45, 7) is 5.19. The highest BCUT2D eigenvalue weighted by Crippen LogP contribution is 2.24. The second-order valence-electron chi connectivity index (χ2n) is 4.97. The SMILES string of the molecule is CC(C)CCC1=CC=C2CNC(=O)C2C=C1. The molecule has 0 radical (unpaired) electrons. The summed E-state index contributed by atoms with van der Waals surface area (Å²) in [5.74, 6) is 0.849. The summed E-state index contributed by atoms with van der Waals surface area (Å²) in [7, 11) is 0. The second kappa shape index (κ2) is 4.69. The van der Waals surface area contributed by atoms with Gasteiger partial charge < -0.3 is 5.32 Å². The van der Waals surface area contributed by atoms with Crippen LogP contribution in [0.2, 0.25) is 0 Å². The third kappa shape index (κ3) is 2.43. The molecule has 1 fully saturated rings. The van der Waals surface area contributed by atoms with E-state index in [2.05, 4.69) is 37.4 Å². The molecule has 0 aromatic heterocycles. The first-order valence-electron chi connectivity index (χ1n) is 6.02. The average molecular weight is 217 g/mol. The number of rotatable bonds is 3. The van der Waals surface area contributed by atoms with Crippen LogP contribution in [0.5, 0.6) is 0 Å². The zero-order chi connectivity index (χ0) is 11.5. The molecule has 1 atom stereocenters. The van der Waals surface area contributed by atoms with Gasteiger partial charge in [-0.1, -0.05) is 38.2 Å². The smallest absolute Gasteiger partial charge is 0.231 e. The number of carbonyl (C=O) groups excluding carboxylic acids is 1. The molecule has 0 aromatic carbocycles. The molecule has 1 unspecified atom stereocenters. The highest BCUT2D eigenvalue weighted by Gasteiger charge is 2.26. The molecule has 1 amide bonds. The molecule has 2 nitrogen and oxygen atoms in total. The van der Waals surface area contributed by atoms with Gasteiger partial charge in [-0.15, -0.1) is 0 Å². The van der Waals surface area contributed by atoms with Gasteiger partial charge in [-0.25, -0.2) is 0 Å². The molecule has 1 N–H and O–H groups in total. The van der Waals surface area contributed by atoms with E-state index in [0.29, 0.717) is 6.54 Å². The van der Waals surface area contributed by atoms with E-state index in [9.17, 15) is 4.79 Å². The maximum absolute atomic E-state index is 11.5. The Morgan fingerprint density at radius 1 is 1.44 bits per heavy atom. The first kappa shape index (κ1) is 11.2. The fourth-order valence-corrected chi connectivity index (χ4v) is 2.06. The van der Waals surface area contributed by atoms with Crippen LogP contribution in [0.3, 0.4) is 0 Å². The van der Waals surface area contributed by atoms with Crippen LogP contribution in [0.1, 0.15) is 26.7 Å². The number of hydrogen-bond donors (Lipinski definition) is 1. The van der Waals surface area contributed by atoms with Gasteiger partial charge in [-0.2, -0.15) is 0 Å². The van der Waals surface area contributed by atoms with Gasteiger partial charge >= 0.3 is 0 Å². The minimum absolute atomic E-state index is 0.0206. The van der Waals surface area contributed by atoms with Crippen molar-refractivity contribution in [2.45, 2.75) is 26.7 Å². The maximum Gasteiger partial charge on any atom is 0.231 e. The average Bonchev–Trinajstić information content (AvgIpc) is 2.48. The summed E-state index contributed by atoms with van der Waals surface area (Å²) < 4.78 is 0. The maximum atomic E-state index is 11.5. The Morgan fingerprint density at radius 2 is 2.25 bits per heavy atom. The summed E-state index contributed by atoms with van der Waals surface area (Å²) >= 11 is 0. The third-order valence-corrected chi connectivity index (χ3v) is 3.17. The molecule has 86 valence electrons. The molecule has 2 aliphatic rings. The van der Waals surface area contributed by atoms with Crippen LogP contribution in [0.25, 0.3) is 0 Å². The quantitative estimate of drug-likeness (QED) is 0.773. The Labute approximate surface area is 97.1 Å². The number of amides is 1. The molecule has 0 bridgehead atoms. The number of allylic oxidation sites excluding steroid dienone is 4. The standard InChI is InChI=1S/C14H19NO/c1-10(2)3-4-11-5-7-12-9-15-14(16)13(12)8-6-11/h5-8,10,13H,3-4,9H2,1-2H3,(H,15,16). The van der Waals surface area contributed by atoms with Gasteiger partial charge in [0.25, 0.3) is 0 Å². The third-order valence-electron chi connectivity index (χ3n) is 3.17. The topological polar surface area (TPSA) is 29.1 Å². The lowest BCUT2D eigenvalue weighted by atomic mass is 10.0. The van der Waals surface area contributed by atoms with Crippen molar-refractivity contribution in [3.8, 4) is 0 Å². The zero-order valence-corrected chi connectivity index (χ0v) is 9.99. The monoisotopic (exact) mass is 217 g/mol. The van der Waals surface area contributed by atoms with Crippen molar-refractivity contribution < 1.29 is 4.79 Å². The molecule has 0 aromatic rings. The largest absolute Gasteiger partial charge is 0.352 e. The van der Waals surface area contributed by atoms with Crippen LogP contribution >= 0.6 is 0 Å². The molecular weight excluding hydrogens is 198 g/mol. The molecule has 0 spiro atoms. The van der Waals surface area contributed by atoms with Gasteiger partial charge in [0.1, 0.15) is 0 Å². The van der Waals surface area contributed by atoms with Crippen molar-refractivity contribution in [1.29, 1.82) is 0 Å². The van der Waals surface area contributed by atoms with E-state index < -0.39 is 0 Å². The lowest BCUT2D eigenvalue weighted by molar-refractivity contribution is -0.120.